The Kier molecular flexibility index (Phi) is 17.0. The van der Waals surface area contributed by atoms with Crippen LogP contribution in [0.2, 0.25) is 0 Å². The lowest BCUT2D eigenvalue weighted by molar-refractivity contribution is -0.376. The normalized spacial score (nSPS) is 27.1. The summed E-state index contributed by atoms with van der Waals surface area (Å²) in [5.41, 5.74) is 4.54. The zero-order chi connectivity index (χ0) is 42.2. The van der Waals surface area contributed by atoms with Crippen LogP contribution in [0.15, 0.2) is 152 Å². The highest BCUT2D eigenvalue weighted by atomic mass is 16.8. The van der Waals surface area contributed by atoms with Crippen LogP contribution in [0, 0.1) is 0 Å². The molecule has 0 bridgehead atoms. The van der Waals surface area contributed by atoms with Crippen LogP contribution in [0.3, 0.4) is 0 Å². The second-order valence-electron chi connectivity index (χ2n) is 15.1. The van der Waals surface area contributed by atoms with Gasteiger partial charge in [0.05, 0.1) is 46.2 Å². The Morgan fingerprint density at radius 3 is 1.31 bits per heavy atom. The van der Waals surface area contributed by atoms with E-state index in [4.69, 9.17) is 42.6 Å². The number of hydrogen-bond acceptors (Lipinski definition) is 12. The van der Waals surface area contributed by atoms with Gasteiger partial charge in [0.15, 0.2) is 12.6 Å². The lowest BCUT2D eigenvalue weighted by Crippen LogP contribution is -2.67. The van der Waals surface area contributed by atoms with E-state index < -0.39 is 74.1 Å². The van der Waals surface area contributed by atoms with E-state index in [-0.39, 0.29) is 33.0 Å². The molecule has 3 N–H and O–H groups in total. The van der Waals surface area contributed by atoms with Gasteiger partial charge in [0.25, 0.3) is 0 Å². The molecule has 324 valence electrons. The first-order valence-electron chi connectivity index (χ1n) is 20.7. The first-order chi connectivity index (χ1) is 30.0. The summed E-state index contributed by atoms with van der Waals surface area (Å²) in [7, 11) is 1.55. The highest BCUT2D eigenvalue weighted by Crippen LogP contribution is 2.36. The van der Waals surface area contributed by atoms with Crippen molar-refractivity contribution in [2.45, 2.75) is 101 Å². The van der Waals surface area contributed by atoms with Gasteiger partial charge in [0.2, 0.25) is 0 Å². The average molecular weight is 837 g/mol. The predicted octanol–water partition coefficient (Wildman–Crippen LogP) is 5.74. The van der Waals surface area contributed by atoms with E-state index in [1.807, 2.05) is 152 Å². The molecule has 61 heavy (non-hydrogen) atoms. The molecule has 0 saturated carbocycles. The maximum atomic E-state index is 11.9. The zero-order valence-corrected chi connectivity index (χ0v) is 34.3. The molecule has 0 unspecified atom stereocenters. The number of ether oxygens (including phenoxy) is 9. The van der Waals surface area contributed by atoms with E-state index in [0.29, 0.717) is 6.61 Å². The summed E-state index contributed by atoms with van der Waals surface area (Å²) in [5.74, 6) is 0. The monoisotopic (exact) mass is 836 g/mol. The number of hydrogen-bond donors (Lipinski definition) is 3. The maximum Gasteiger partial charge on any atom is 0.187 e. The molecule has 2 saturated heterocycles. The molecule has 5 aromatic rings. The molecule has 11 atom stereocenters. The lowest BCUT2D eigenvalue weighted by atomic mass is 9.94. The molecule has 7 rings (SSSR count). The number of aliphatic hydroxyl groups is 3. The van der Waals surface area contributed by atoms with Gasteiger partial charge >= 0.3 is 0 Å². The lowest BCUT2D eigenvalue weighted by Gasteiger charge is -2.50. The highest BCUT2D eigenvalue weighted by molar-refractivity contribution is 5.17. The van der Waals surface area contributed by atoms with Crippen molar-refractivity contribution < 1.29 is 58.0 Å². The smallest absolute Gasteiger partial charge is 0.187 e. The van der Waals surface area contributed by atoms with E-state index >= 15 is 0 Å². The molecule has 0 spiro atoms. The van der Waals surface area contributed by atoms with Crippen molar-refractivity contribution in [2.75, 3.05) is 20.3 Å². The van der Waals surface area contributed by atoms with Crippen LogP contribution >= 0.6 is 0 Å². The molecule has 2 heterocycles. The number of rotatable bonds is 21. The van der Waals surface area contributed by atoms with Crippen LogP contribution in [-0.2, 0) is 75.7 Å². The van der Waals surface area contributed by atoms with Gasteiger partial charge in [-0.15, -0.1) is 0 Å². The molecule has 0 radical (unpaired) electrons. The van der Waals surface area contributed by atoms with Gasteiger partial charge in [-0.25, -0.2) is 0 Å². The largest absolute Gasteiger partial charge is 0.394 e. The fraction of sp³-hybridized carbons (Fsp3) is 0.388. The zero-order valence-electron chi connectivity index (χ0n) is 34.3. The minimum absolute atomic E-state index is 0.0531. The molecular weight excluding hydrogens is 781 g/mol. The molecule has 12 nitrogen and oxygen atoms in total. The summed E-state index contributed by atoms with van der Waals surface area (Å²) in [5, 5.41) is 33.2. The third-order valence-corrected chi connectivity index (χ3v) is 10.8. The second kappa shape index (κ2) is 23.2. The molecule has 5 aromatic carbocycles. The van der Waals surface area contributed by atoms with Gasteiger partial charge < -0.3 is 58.0 Å². The first-order valence-corrected chi connectivity index (χ1v) is 20.7. The predicted molar refractivity (Wildman–Crippen MR) is 224 cm³/mol. The van der Waals surface area contributed by atoms with E-state index in [0.717, 1.165) is 27.8 Å². The molecule has 2 fully saturated rings. The van der Waals surface area contributed by atoms with Crippen molar-refractivity contribution in [1.82, 2.24) is 0 Å². The average Bonchev–Trinajstić information content (AvgIpc) is 3.31. The Morgan fingerprint density at radius 1 is 0.492 bits per heavy atom. The van der Waals surface area contributed by atoms with Gasteiger partial charge in [-0.05, 0) is 27.8 Å². The summed E-state index contributed by atoms with van der Waals surface area (Å²) < 4.78 is 59.1. The fourth-order valence-corrected chi connectivity index (χ4v) is 7.57. The summed E-state index contributed by atoms with van der Waals surface area (Å²) in [6.45, 7) is 0.299. The molecule has 0 amide bonds. The van der Waals surface area contributed by atoms with Crippen LogP contribution in [0.25, 0.3) is 0 Å². The molecule has 2 aliphatic heterocycles. The van der Waals surface area contributed by atoms with Crippen molar-refractivity contribution in [3.63, 3.8) is 0 Å². The highest BCUT2D eigenvalue weighted by Gasteiger charge is 2.54. The third kappa shape index (κ3) is 12.4. The van der Waals surface area contributed by atoms with Crippen LogP contribution in [0.5, 0.6) is 0 Å². The van der Waals surface area contributed by atoms with E-state index in [1.165, 1.54) is 0 Å². The minimum atomic E-state index is -1.49. The topological polar surface area (TPSA) is 144 Å². The molecule has 0 aromatic heterocycles. The van der Waals surface area contributed by atoms with Gasteiger partial charge in [-0.3, -0.25) is 0 Å². The Balaban J connectivity index is 1.25. The van der Waals surface area contributed by atoms with Crippen molar-refractivity contribution in [1.29, 1.82) is 0 Å². The fourth-order valence-electron chi connectivity index (χ4n) is 7.57. The van der Waals surface area contributed by atoms with Crippen LogP contribution in [0.1, 0.15) is 27.8 Å². The Morgan fingerprint density at radius 2 is 0.885 bits per heavy atom. The first kappa shape index (κ1) is 44.7. The Labute approximate surface area is 357 Å². The molecule has 2 aliphatic rings. The van der Waals surface area contributed by atoms with Crippen LogP contribution < -0.4 is 0 Å². The SMILES string of the molecule is CO[C@H]1O[C@H](COCc2ccccc2)[C@@H](O[C@@H]2O[C@H]([C@@H](O)CO)[C@@H](O)[C@H](OCc3ccccc3)[C@@H]2OCc2ccccc2)[C@H](OCc2ccccc2)[C@@H]1OCc1ccccc1. The number of benzene rings is 5. The van der Waals surface area contributed by atoms with Crippen LogP contribution in [-0.4, -0.2) is 103 Å². The number of aliphatic hydroxyl groups excluding tert-OH is 3. The van der Waals surface area contributed by atoms with E-state index in [9.17, 15) is 15.3 Å². The van der Waals surface area contributed by atoms with E-state index in [1.54, 1.807) is 7.11 Å². The summed E-state index contributed by atoms with van der Waals surface area (Å²) in [6, 6.07) is 48.4. The maximum absolute atomic E-state index is 11.9. The standard InChI is InChI=1S/C49H56O12/c1-53-48-47(58-32-38-25-15-6-16-26-38)45(56-30-36-21-11-4-12-22-36)43(40(59-48)33-54-28-34-17-7-2-8-18-34)61-49-46(57-31-37-23-13-5-14-24-37)44(41(52)42(60-49)39(51)27-50)55-29-35-19-9-3-10-20-35/h2-26,39-52H,27-33H2,1H3/t39-,40+,41+,42+,43+,44-,45-,46-,47-,48-,49-/m0/s1. The van der Waals surface area contributed by atoms with Gasteiger partial charge in [-0.2, -0.15) is 0 Å². The van der Waals surface area contributed by atoms with Gasteiger partial charge in [-0.1, -0.05) is 152 Å². The Bertz CT molecular complexity index is 1940. The summed E-state index contributed by atoms with van der Waals surface area (Å²) >= 11 is 0. The van der Waals surface area contributed by atoms with Crippen molar-refractivity contribution >= 4 is 0 Å². The van der Waals surface area contributed by atoms with E-state index in [2.05, 4.69) is 0 Å². The quantitative estimate of drug-likeness (QED) is 0.0830. The number of methoxy groups -OCH3 is 1. The summed E-state index contributed by atoms with van der Waals surface area (Å²) in [6.07, 6.45) is -12.1. The summed E-state index contributed by atoms with van der Waals surface area (Å²) in [4.78, 5) is 0. The van der Waals surface area contributed by atoms with Crippen LogP contribution in [0.4, 0.5) is 0 Å². The van der Waals surface area contributed by atoms with Crippen molar-refractivity contribution in [3.8, 4) is 0 Å². The molecule has 0 aliphatic carbocycles. The Hall–Kier alpha value is -4.38. The van der Waals surface area contributed by atoms with Gasteiger partial charge in [0, 0.05) is 7.11 Å². The molecular formula is C49H56O12. The molecule has 12 heteroatoms. The second-order valence-corrected chi connectivity index (χ2v) is 15.1. The minimum Gasteiger partial charge on any atom is -0.394 e. The van der Waals surface area contributed by atoms with Gasteiger partial charge in [0.1, 0.15) is 54.9 Å². The van der Waals surface area contributed by atoms with Crippen molar-refractivity contribution in [2.24, 2.45) is 0 Å². The van der Waals surface area contributed by atoms with Crippen molar-refractivity contribution in [3.05, 3.63) is 179 Å². The third-order valence-electron chi connectivity index (χ3n) is 10.8.